The third-order valence-electron chi connectivity index (χ3n) is 3.31. The van der Waals surface area contributed by atoms with Gasteiger partial charge in [0.2, 0.25) is 11.9 Å². The van der Waals surface area contributed by atoms with Gasteiger partial charge in [0.1, 0.15) is 0 Å². The van der Waals surface area contributed by atoms with Crippen molar-refractivity contribution in [3.05, 3.63) is 29.8 Å². The van der Waals surface area contributed by atoms with Gasteiger partial charge in [0.05, 0.1) is 24.3 Å². The fraction of sp³-hybridized carbons (Fsp3) is 0.133. The van der Waals surface area contributed by atoms with Crippen molar-refractivity contribution in [3.8, 4) is 35.7 Å². The molecule has 0 bridgehead atoms. The number of nitrogens with two attached hydrogens (primary N) is 2. The average Bonchev–Trinajstić information content (AvgIpc) is 2.59. The van der Waals surface area contributed by atoms with Crippen LogP contribution in [0.5, 0.6) is 0 Å². The molecule has 2 rings (SSSR count). The summed E-state index contributed by atoms with van der Waals surface area (Å²) in [6, 6.07) is 13.1. The number of anilines is 2. The van der Waals surface area contributed by atoms with Gasteiger partial charge >= 0.3 is 0 Å². The van der Waals surface area contributed by atoms with Crippen LogP contribution in [0.3, 0.4) is 0 Å². The van der Waals surface area contributed by atoms with Gasteiger partial charge < -0.3 is 11.5 Å². The number of hydrogen-bond donors (Lipinski definition) is 2. The van der Waals surface area contributed by atoms with Crippen molar-refractivity contribution < 1.29 is 0 Å². The monoisotopic (exact) mass is 315 g/mol. The lowest BCUT2D eigenvalue weighted by Gasteiger charge is -2.22. The molecule has 0 atom stereocenters. The molecule has 0 aliphatic heterocycles. The van der Waals surface area contributed by atoms with Gasteiger partial charge in [-0.25, -0.2) is 0 Å². The van der Waals surface area contributed by atoms with Gasteiger partial charge in [0, 0.05) is 5.56 Å². The zero-order valence-corrected chi connectivity index (χ0v) is 12.2. The number of aromatic nitrogens is 3. The zero-order chi connectivity index (χ0) is 17.7. The molecule has 0 saturated heterocycles. The largest absolute Gasteiger partial charge is 0.368 e. The number of nitrogens with zero attached hydrogens (tertiary/aromatic N) is 7. The fourth-order valence-electron chi connectivity index (χ4n) is 2.20. The molecule has 9 heteroatoms. The summed E-state index contributed by atoms with van der Waals surface area (Å²) < 4.78 is 0. The third-order valence-corrected chi connectivity index (χ3v) is 3.31. The highest BCUT2D eigenvalue weighted by Crippen LogP contribution is 2.37. The van der Waals surface area contributed by atoms with E-state index in [2.05, 4.69) is 15.0 Å². The van der Waals surface area contributed by atoms with Crippen LogP contribution in [0.1, 0.15) is 5.56 Å². The van der Waals surface area contributed by atoms with E-state index in [1.54, 1.807) is 42.5 Å². The minimum absolute atomic E-state index is 0.0418. The maximum absolute atomic E-state index is 9.57. The first-order chi connectivity index (χ1) is 11.5. The van der Waals surface area contributed by atoms with Crippen molar-refractivity contribution >= 4 is 11.9 Å². The summed E-state index contributed by atoms with van der Waals surface area (Å²) in [4.78, 5) is 11.6. The molecule has 0 saturated carbocycles. The number of nitriles is 4. The minimum atomic E-state index is -2.02. The SMILES string of the molecule is N#CC(C#N)C(C#N)(C#N)c1ccccc1-c1nc(N)nc(N)n1. The summed E-state index contributed by atoms with van der Waals surface area (Å²) in [5.74, 6) is -1.74. The number of nitrogen functional groups attached to an aromatic ring is 2. The lowest BCUT2D eigenvalue weighted by molar-refractivity contribution is 0.613. The van der Waals surface area contributed by atoms with E-state index in [1.165, 1.54) is 6.07 Å². The van der Waals surface area contributed by atoms with Crippen molar-refractivity contribution in [1.82, 2.24) is 15.0 Å². The topological polar surface area (TPSA) is 186 Å². The van der Waals surface area contributed by atoms with E-state index in [1.807, 2.05) is 0 Å². The molecule has 0 amide bonds. The van der Waals surface area contributed by atoms with E-state index in [9.17, 15) is 21.0 Å². The summed E-state index contributed by atoms with van der Waals surface area (Å²) in [5, 5.41) is 37.5. The Morgan fingerprint density at radius 3 is 1.92 bits per heavy atom. The summed E-state index contributed by atoms with van der Waals surface area (Å²) >= 11 is 0. The fourth-order valence-corrected chi connectivity index (χ4v) is 2.20. The van der Waals surface area contributed by atoms with Crippen LogP contribution in [-0.4, -0.2) is 15.0 Å². The van der Waals surface area contributed by atoms with Crippen LogP contribution >= 0.6 is 0 Å². The molecule has 114 valence electrons. The second-order valence-corrected chi connectivity index (χ2v) is 4.64. The molecule has 0 fully saturated rings. The Labute approximate surface area is 137 Å². The Bertz CT molecular complexity index is 904. The molecule has 0 aliphatic rings. The molecular weight excluding hydrogens is 306 g/mol. The molecule has 1 heterocycles. The summed E-state index contributed by atoms with van der Waals surface area (Å²) in [6.07, 6.45) is 0. The molecule has 4 N–H and O–H groups in total. The Kier molecular flexibility index (Phi) is 4.23. The van der Waals surface area contributed by atoms with E-state index in [0.717, 1.165) is 0 Å². The van der Waals surface area contributed by atoms with E-state index >= 15 is 0 Å². The van der Waals surface area contributed by atoms with Crippen LogP contribution in [0.25, 0.3) is 11.4 Å². The second-order valence-electron chi connectivity index (χ2n) is 4.64. The van der Waals surface area contributed by atoms with Gasteiger partial charge in [-0.1, -0.05) is 24.3 Å². The van der Waals surface area contributed by atoms with Crippen molar-refractivity contribution in [2.45, 2.75) is 5.41 Å². The zero-order valence-electron chi connectivity index (χ0n) is 12.2. The number of hydrogen-bond acceptors (Lipinski definition) is 9. The lowest BCUT2D eigenvalue weighted by Crippen LogP contribution is -2.31. The quantitative estimate of drug-likeness (QED) is 0.819. The highest BCUT2D eigenvalue weighted by atomic mass is 15.1. The first-order valence-electron chi connectivity index (χ1n) is 6.51. The molecule has 1 aromatic heterocycles. The summed E-state index contributed by atoms with van der Waals surface area (Å²) in [5.41, 5.74) is 9.47. The highest BCUT2D eigenvalue weighted by Gasteiger charge is 2.44. The smallest absolute Gasteiger partial charge is 0.225 e. The Morgan fingerprint density at radius 2 is 1.42 bits per heavy atom. The van der Waals surface area contributed by atoms with Crippen molar-refractivity contribution in [2.75, 3.05) is 11.5 Å². The Balaban J connectivity index is 2.82. The van der Waals surface area contributed by atoms with Crippen LogP contribution in [0, 0.1) is 51.2 Å². The number of rotatable bonds is 3. The van der Waals surface area contributed by atoms with Crippen molar-refractivity contribution in [1.29, 1.82) is 21.0 Å². The molecule has 24 heavy (non-hydrogen) atoms. The van der Waals surface area contributed by atoms with Gasteiger partial charge in [-0.15, -0.1) is 0 Å². The minimum Gasteiger partial charge on any atom is -0.368 e. The highest BCUT2D eigenvalue weighted by molar-refractivity contribution is 5.67. The third kappa shape index (κ3) is 2.50. The van der Waals surface area contributed by atoms with Gasteiger partial charge in [0.15, 0.2) is 17.2 Å². The molecule has 2 aromatic rings. The predicted molar refractivity (Wildman–Crippen MR) is 81.7 cm³/mol. The van der Waals surface area contributed by atoms with Crippen molar-refractivity contribution in [2.24, 2.45) is 5.92 Å². The normalized spacial score (nSPS) is 10.2. The maximum Gasteiger partial charge on any atom is 0.225 e. The van der Waals surface area contributed by atoms with E-state index in [4.69, 9.17) is 11.5 Å². The molecular formula is C15H9N9. The Hall–Kier alpha value is -4.21. The lowest BCUT2D eigenvalue weighted by atomic mass is 9.72. The standard InChI is InChI=1S/C15H9N9/c16-5-9(6-17)15(7-18,8-19)11-4-2-1-3-10(11)12-22-13(20)24-14(21)23-12/h1-4,9H,(H4,20,21,22,23,24). The predicted octanol–water partition coefficient (Wildman–Crippen LogP) is 0.651. The van der Waals surface area contributed by atoms with E-state index in [0.29, 0.717) is 0 Å². The van der Waals surface area contributed by atoms with Crippen LogP contribution in [0.2, 0.25) is 0 Å². The maximum atomic E-state index is 9.57. The second kappa shape index (κ2) is 6.27. The average molecular weight is 315 g/mol. The molecule has 0 spiro atoms. The van der Waals surface area contributed by atoms with Gasteiger partial charge in [-0.3, -0.25) is 0 Å². The Morgan fingerprint density at radius 1 is 0.875 bits per heavy atom. The number of benzene rings is 1. The first kappa shape index (κ1) is 16.2. The summed E-state index contributed by atoms with van der Waals surface area (Å²) in [7, 11) is 0. The van der Waals surface area contributed by atoms with Crippen LogP contribution in [0.15, 0.2) is 24.3 Å². The van der Waals surface area contributed by atoms with Crippen molar-refractivity contribution in [3.63, 3.8) is 0 Å². The van der Waals surface area contributed by atoms with Crippen LogP contribution in [0.4, 0.5) is 11.9 Å². The van der Waals surface area contributed by atoms with Crippen LogP contribution in [-0.2, 0) is 5.41 Å². The van der Waals surface area contributed by atoms with Gasteiger partial charge in [0.25, 0.3) is 0 Å². The molecule has 9 nitrogen and oxygen atoms in total. The summed E-state index contributed by atoms with van der Waals surface area (Å²) in [6.45, 7) is 0. The van der Waals surface area contributed by atoms with E-state index in [-0.39, 0.29) is 28.8 Å². The molecule has 0 radical (unpaired) electrons. The van der Waals surface area contributed by atoms with E-state index < -0.39 is 11.3 Å². The van der Waals surface area contributed by atoms with Gasteiger partial charge in [-0.2, -0.15) is 36.0 Å². The first-order valence-corrected chi connectivity index (χ1v) is 6.51. The van der Waals surface area contributed by atoms with Gasteiger partial charge in [-0.05, 0) is 5.56 Å². The van der Waals surface area contributed by atoms with Crippen LogP contribution < -0.4 is 11.5 Å². The molecule has 0 aliphatic carbocycles. The molecule has 0 unspecified atom stereocenters. The molecule has 1 aromatic carbocycles.